The molecule has 2 aromatic rings. The minimum atomic E-state index is -4.43. The molecule has 7 heteroatoms. The molecule has 0 saturated carbocycles. The molecular formula is C14H15F3N2OS. The Hall–Kier alpha value is -1.60. The summed E-state index contributed by atoms with van der Waals surface area (Å²) in [7, 11) is 3.15. The number of halogens is 3. The third-order valence-electron chi connectivity index (χ3n) is 2.88. The molecule has 0 aliphatic carbocycles. The first kappa shape index (κ1) is 15.8. The smallest absolute Gasteiger partial charge is 0.434 e. The monoisotopic (exact) mass is 316 g/mol. The lowest BCUT2D eigenvalue weighted by atomic mass is 10.1. The third-order valence-corrected chi connectivity index (χ3v) is 3.94. The molecule has 1 aromatic heterocycles. The highest BCUT2D eigenvalue weighted by Gasteiger charge is 2.37. The predicted octanol–water partition coefficient (Wildman–Crippen LogP) is 3.48. The van der Waals surface area contributed by atoms with Crippen LogP contribution in [0.4, 0.5) is 13.2 Å². The van der Waals surface area contributed by atoms with Crippen molar-refractivity contribution in [3.8, 4) is 5.75 Å². The van der Waals surface area contributed by atoms with Crippen LogP contribution in [-0.2, 0) is 19.1 Å². The van der Waals surface area contributed by atoms with Gasteiger partial charge in [-0.25, -0.2) is 4.98 Å². The summed E-state index contributed by atoms with van der Waals surface area (Å²) in [6.45, 7) is 0.151. The number of ether oxygens (including phenoxy) is 1. The molecule has 0 unspecified atom stereocenters. The normalized spacial score (nSPS) is 11.7. The van der Waals surface area contributed by atoms with E-state index in [1.165, 1.54) is 7.11 Å². The molecule has 1 heterocycles. The summed E-state index contributed by atoms with van der Waals surface area (Å²) in [5, 5.41) is 3.17. The Morgan fingerprint density at radius 1 is 1.29 bits per heavy atom. The molecular weight excluding hydrogens is 301 g/mol. The number of nitrogens with one attached hydrogen (secondary N) is 1. The van der Waals surface area contributed by atoms with Crippen LogP contribution >= 0.6 is 11.3 Å². The molecule has 0 saturated heterocycles. The van der Waals surface area contributed by atoms with Crippen LogP contribution in [0.3, 0.4) is 0 Å². The van der Waals surface area contributed by atoms with E-state index in [9.17, 15) is 13.2 Å². The van der Waals surface area contributed by atoms with Crippen molar-refractivity contribution in [1.29, 1.82) is 0 Å². The van der Waals surface area contributed by atoms with Gasteiger partial charge < -0.3 is 10.1 Å². The average molecular weight is 316 g/mol. The number of aromatic nitrogens is 1. The molecule has 0 aliphatic heterocycles. The highest BCUT2D eigenvalue weighted by atomic mass is 32.1. The van der Waals surface area contributed by atoms with Gasteiger partial charge in [0.1, 0.15) is 5.75 Å². The third kappa shape index (κ3) is 3.74. The van der Waals surface area contributed by atoms with Crippen LogP contribution in [0, 0.1) is 0 Å². The van der Waals surface area contributed by atoms with E-state index in [-0.39, 0.29) is 11.4 Å². The lowest BCUT2D eigenvalue weighted by Gasteiger charge is -2.06. The van der Waals surface area contributed by atoms with Crippen LogP contribution in [0.15, 0.2) is 24.3 Å². The summed E-state index contributed by atoms with van der Waals surface area (Å²) < 4.78 is 44.1. The van der Waals surface area contributed by atoms with Crippen molar-refractivity contribution in [2.45, 2.75) is 19.1 Å². The molecule has 0 radical (unpaired) electrons. The Labute approximate surface area is 124 Å². The Kier molecular flexibility index (Phi) is 4.84. The summed E-state index contributed by atoms with van der Waals surface area (Å²) in [5.41, 5.74) is 0.0187. The number of thiazole rings is 1. The minimum absolute atomic E-state index is 0.151. The van der Waals surface area contributed by atoms with Gasteiger partial charge in [-0.1, -0.05) is 18.2 Å². The summed E-state index contributed by atoms with van der Waals surface area (Å²) >= 11 is 1.08. The van der Waals surface area contributed by atoms with Crippen LogP contribution in [0.2, 0.25) is 0 Å². The summed E-state index contributed by atoms with van der Waals surface area (Å²) in [4.78, 5) is 3.97. The second-order valence-electron chi connectivity index (χ2n) is 4.40. The number of para-hydroxylation sites is 1. The highest BCUT2D eigenvalue weighted by Crippen LogP contribution is 2.35. The zero-order valence-electron chi connectivity index (χ0n) is 11.6. The largest absolute Gasteiger partial charge is 0.496 e. The fourth-order valence-corrected chi connectivity index (χ4v) is 3.11. The number of methoxy groups -OCH3 is 1. The molecule has 0 bridgehead atoms. The molecule has 1 aromatic carbocycles. The molecule has 3 nitrogen and oxygen atoms in total. The number of nitrogens with zero attached hydrogens (tertiary/aromatic N) is 1. The topological polar surface area (TPSA) is 34.1 Å². The van der Waals surface area contributed by atoms with Gasteiger partial charge in [0.2, 0.25) is 0 Å². The van der Waals surface area contributed by atoms with E-state index in [0.29, 0.717) is 17.2 Å². The quantitative estimate of drug-likeness (QED) is 0.917. The van der Waals surface area contributed by atoms with Gasteiger partial charge in [0, 0.05) is 18.5 Å². The first-order valence-electron chi connectivity index (χ1n) is 6.28. The molecule has 0 aliphatic rings. The number of hydrogen-bond acceptors (Lipinski definition) is 4. The van der Waals surface area contributed by atoms with E-state index < -0.39 is 11.9 Å². The van der Waals surface area contributed by atoms with Crippen molar-refractivity contribution in [2.75, 3.05) is 14.2 Å². The Balaban J connectivity index is 2.32. The molecule has 2 rings (SSSR count). The molecule has 21 heavy (non-hydrogen) atoms. The number of hydrogen-bond donors (Lipinski definition) is 1. The Bertz CT molecular complexity index is 611. The van der Waals surface area contributed by atoms with E-state index in [0.717, 1.165) is 16.9 Å². The van der Waals surface area contributed by atoms with Crippen LogP contribution in [0.25, 0.3) is 0 Å². The molecule has 0 amide bonds. The van der Waals surface area contributed by atoms with E-state index in [4.69, 9.17) is 4.74 Å². The maximum atomic E-state index is 13.0. The van der Waals surface area contributed by atoms with Gasteiger partial charge in [0.05, 0.1) is 17.0 Å². The minimum Gasteiger partial charge on any atom is -0.496 e. The average Bonchev–Trinajstić information content (AvgIpc) is 2.83. The Morgan fingerprint density at radius 2 is 2.00 bits per heavy atom. The predicted molar refractivity (Wildman–Crippen MR) is 75.7 cm³/mol. The van der Waals surface area contributed by atoms with Crippen molar-refractivity contribution in [3.05, 3.63) is 45.4 Å². The molecule has 0 atom stereocenters. The standard InChI is InChI=1S/C14H15F3N2OS/c1-18-8-11-13(14(15,16)17)19-12(21-11)7-9-5-3-4-6-10(9)20-2/h3-6,18H,7-8H2,1-2H3. The van der Waals surface area contributed by atoms with Gasteiger partial charge >= 0.3 is 6.18 Å². The van der Waals surface area contributed by atoms with E-state index in [1.807, 2.05) is 18.2 Å². The number of benzene rings is 1. The van der Waals surface area contributed by atoms with Gasteiger partial charge in [-0.15, -0.1) is 11.3 Å². The maximum absolute atomic E-state index is 13.0. The first-order valence-corrected chi connectivity index (χ1v) is 7.09. The maximum Gasteiger partial charge on any atom is 0.434 e. The van der Waals surface area contributed by atoms with Gasteiger partial charge in [-0.05, 0) is 13.1 Å². The van der Waals surface area contributed by atoms with Gasteiger partial charge in [0.25, 0.3) is 0 Å². The van der Waals surface area contributed by atoms with Gasteiger partial charge in [-0.3, -0.25) is 0 Å². The number of alkyl halides is 3. The zero-order chi connectivity index (χ0) is 15.5. The lowest BCUT2D eigenvalue weighted by molar-refractivity contribution is -0.141. The highest BCUT2D eigenvalue weighted by molar-refractivity contribution is 7.11. The molecule has 114 valence electrons. The van der Waals surface area contributed by atoms with Crippen molar-refractivity contribution < 1.29 is 17.9 Å². The van der Waals surface area contributed by atoms with Crippen molar-refractivity contribution >= 4 is 11.3 Å². The SMILES string of the molecule is CNCc1sc(Cc2ccccc2OC)nc1C(F)(F)F. The molecule has 0 fully saturated rings. The summed E-state index contributed by atoms with van der Waals surface area (Å²) in [6.07, 6.45) is -4.11. The van der Waals surface area contributed by atoms with Gasteiger partial charge in [0.15, 0.2) is 5.69 Å². The van der Waals surface area contributed by atoms with Crippen molar-refractivity contribution in [3.63, 3.8) is 0 Å². The second-order valence-corrected chi connectivity index (χ2v) is 5.56. The van der Waals surface area contributed by atoms with Crippen LogP contribution in [-0.4, -0.2) is 19.1 Å². The Morgan fingerprint density at radius 3 is 2.62 bits per heavy atom. The van der Waals surface area contributed by atoms with E-state index in [1.54, 1.807) is 13.1 Å². The molecule has 0 spiro atoms. The fourth-order valence-electron chi connectivity index (χ4n) is 1.99. The summed E-state index contributed by atoms with van der Waals surface area (Å²) in [5.74, 6) is 0.649. The van der Waals surface area contributed by atoms with Crippen molar-refractivity contribution in [2.24, 2.45) is 0 Å². The second kappa shape index (κ2) is 6.44. The van der Waals surface area contributed by atoms with Crippen LogP contribution < -0.4 is 10.1 Å². The summed E-state index contributed by atoms with van der Waals surface area (Å²) in [6, 6.07) is 7.25. The van der Waals surface area contributed by atoms with E-state index >= 15 is 0 Å². The van der Waals surface area contributed by atoms with Crippen molar-refractivity contribution in [1.82, 2.24) is 10.3 Å². The van der Waals surface area contributed by atoms with E-state index in [2.05, 4.69) is 10.3 Å². The number of rotatable bonds is 5. The lowest BCUT2D eigenvalue weighted by Crippen LogP contribution is -2.12. The fraction of sp³-hybridized carbons (Fsp3) is 0.357. The first-order chi connectivity index (χ1) is 9.95. The van der Waals surface area contributed by atoms with Gasteiger partial charge in [-0.2, -0.15) is 13.2 Å². The van der Waals surface area contributed by atoms with Crippen LogP contribution in [0.1, 0.15) is 21.1 Å². The zero-order valence-corrected chi connectivity index (χ0v) is 12.4. The van der Waals surface area contributed by atoms with Crippen LogP contribution in [0.5, 0.6) is 5.75 Å². The molecule has 1 N–H and O–H groups in total.